The Morgan fingerprint density at radius 2 is 2.05 bits per heavy atom. The molecule has 2 aliphatic rings. The van der Waals surface area contributed by atoms with E-state index in [4.69, 9.17) is 4.74 Å². The molecule has 0 aromatic heterocycles. The Bertz CT molecular complexity index is 723. The molecule has 1 heterocycles. The zero-order valence-electron chi connectivity index (χ0n) is 12.4. The van der Waals surface area contributed by atoms with Crippen LogP contribution in [0.5, 0.6) is 11.5 Å². The lowest BCUT2D eigenvalue weighted by Gasteiger charge is -2.39. The van der Waals surface area contributed by atoms with Gasteiger partial charge in [-0.15, -0.1) is 0 Å². The van der Waals surface area contributed by atoms with Crippen molar-refractivity contribution in [3.8, 4) is 22.6 Å². The first kappa shape index (κ1) is 12.7. The minimum Gasteiger partial charge on any atom is -0.504 e. The van der Waals surface area contributed by atoms with Gasteiger partial charge in [0, 0.05) is 18.2 Å². The second-order valence-corrected chi connectivity index (χ2v) is 5.98. The van der Waals surface area contributed by atoms with Gasteiger partial charge in [0.15, 0.2) is 11.5 Å². The third kappa shape index (κ3) is 1.70. The zero-order chi connectivity index (χ0) is 14.6. The summed E-state index contributed by atoms with van der Waals surface area (Å²) in [5.74, 6) is 0.823. The van der Waals surface area contributed by atoms with Crippen molar-refractivity contribution in [3.05, 3.63) is 47.0 Å². The molecule has 21 heavy (non-hydrogen) atoms. The van der Waals surface area contributed by atoms with Crippen molar-refractivity contribution in [3.63, 3.8) is 0 Å². The van der Waals surface area contributed by atoms with E-state index in [0.29, 0.717) is 11.8 Å². The van der Waals surface area contributed by atoms with E-state index in [1.165, 1.54) is 22.3 Å². The number of ether oxygens (including phenoxy) is 1. The number of phenols is 1. The predicted octanol–water partition coefficient (Wildman–Crippen LogP) is 3.15. The quantitative estimate of drug-likeness (QED) is 0.871. The molecule has 0 radical (unpaired) electrons. The summed E-state index contributed by atoms with van der Waals surface area (Å²) >= 11 is 0. The van der Waals surface area contributed by atoms with Gasteiger partial charge in [0.2, 0.25) is 0 Å². The van der Waals surface area contributed by atoms with Crippen LogP contribution < -0.4 is 4.74 Å². The molecule has 4 rings (SSSR count). The third-order valence-corrected chi connectivity index (χ3v) is 4.93. The molecule has 0 amide bonds. The second kappa shape index (κ2) is 4.50. The molecule has 1 N–H and O–H groups in total. The first-order valence-corrected chi connectivity index (χ1v) is 7.42. The Kier molecular flexibility index (Phi) is 2.73. The normalized spacial score (nSPS) is 19.8. The molecule has 1 atom stereocenters. The number of hydrogen-bond donors (Lipinski definition) is 1. The highest BCUT2D eigenvalue weighted by atomic mass is 16.5. The molecule has 3 heteroatoms. The molecular formula is C18H19NO2. The number of methoxy groups -OCH3 is 1. The Morgan fingerprint density at radius 1 is 1.19 bits per heavy atom. The fourth-order valence-electron chi connectivity index (χ4n) is 3.83. The van der Waals surface area contributed by atoms with Crippen molar-refractivity contribution in [1.29, 1.82) is 0 Å². The maximum Gasteiger partial charge on any atom is 0.165 e. The molecule has 0 spiro atoms. The summed E-state index contributed by atoms with van der Waals surface area (Å²) < 4.78 is 5.28. The van der Waals surface area contributed by atoms with E-state index in [9.17, 15) is 5.11 Å². The van der Waals surface area contributed by atoms with E-state index in [1.54, 1.807) is 7.11 Å². The topological polar surface area (TPSA) is 32.7 Å². The first-order valence-electron chi connectivity index (χ1n) is 7.42. The summed E-state index contributed by atoms with van der Waals surface area (Å²) in [5, 5.41) is 10.6. The van der Waals surface area contributed by atoms with Crippen LogP contribution >= 0.6 is 0 Å². The molecule has 3 nitrogen and oxygen atoms in total. The Balaban J connectivity index is 2.02. The van der Waals surface area contributed by atoms with Crippen molar-refractivity contribution < 1.29 is 9.84 Å². The van der Waals surface area contributed by atoms with E-state index < -0.39 is 0 Å². The number of rotatable bonds is 1. The molecule has 0 fully saturated rings. The SMILES string of the molecule is COc1ccc2c(c1O)-c1cccc3c1C(C2)N(C)CC3. The van der Waals surface area contributed by atoms with Crippen molar-refractivity contribution >= 4 is 0 Å². The highest BCUT2D eigenvalue weighted by Gasteiger charge is 2.34. The average molecular weight is 281 g/mol. The van der Waals surface area contributed by atoms with E-state index in [1.807, 2.05) is 6.07 Å². The van der Waals surface area contributed by atoms with Gasteiger partial charge in [0.05, 0.1) is 7.11 Å². The van der Waals surface area contributed by atoms with E-state index in [2.05, 4.69) is 36.2 Å². The largest absolute Gasteiger partial charge is 0.504 e. The zero-order valence-corrected chi connectivity index (χ0v) is 12.4. The molecule has 1 aliphatic heterocycles. The number of benzene rings is 2. The van der Waals surface area contributed by atoms with E-state index in [-0.39, 0.29) is 5.75 Å². The van der Waals surface area contributed by atoms with Gasteiger partial charge in [0.1, 0.15) is 0 Å². The number of fused-ring (bicyclic) bond motifs is 2. The minimum atomic E-state index is 0.273. The van der Waals surface area contributed by atoms with Gasteiger partial charge in [-0.25, -0.2) is 0 Å². The van der Waals surface area contributed by atoms with Gasteiger partial charge >= 0.3 is 0 Å². The Morgan fingerprint density at radius 3 is 2.86 bits per heavy atom. The maximum atomic E-state index is 10.6. The number of likely N-dealkylation sites (N-methyl/N-ethyl adjacent to an activating group) is 1. The predicted molar refractivity (Wildman–Crippen MR) is 82.9 cm³/mol. The lowest BCUT2D eigenvalue weighted by Crippen LogP contribution is -2.35. The summed E-state index contributed by atoms with van der Waals surface area (Å²) in [6.07, 6.45) is 2.03. The van der Waals surface area contributed by atoms with Gasteiger partial charge < -0.3 is 9.84 Å². The monoisotopic (exact) mass is 281 g/mol. The highest BCUT2D eigenvalue weighted by molar-refractivity contribution is 5.82. The van der Waals surface area contributed by atoms with Crippen LogP contribution in [-0.2, 0) is 12.8 Å². The van der Waals surface area contributed by atoms with Crippen LogP contribution in [-0.4, -0.2) is 30.7 Å². The van der Waals surface area contributed by atoms with Gasteiger partial charge in [-0.1, -0.05) is 24.3 Å². The standard InChI is InChI=1S/C18H19NO2/c1-19-9-8-11-4-3-5-13-16(11)14(19)10-12-6-7-15(21-2)18(20)17(12)13/h3-7,14,20H,8-10H2,1-2H3. The minimum absolute atomic E-state index is 0.273. The summed E-state index contributed by atoms with van der Waals surface area (Å²) in [7, 11) is 3.79. The van der Waals surface area contributed by atoms with Crippen molar-refractivity contribution in [2.24, 2.45) is 0 Å². The summed E-state index contributed by atoms with van der Waals surface area (Å²) in [4.78, 5) is 2.43. The molecule has 1 aliphatic carbocycles. The summed E-state index contributed by atoms with van der Waals surface area (Å²) in [6.45, 7) is 1.10. The van der Waals surface area contributed by atoms with Gasteiger partial charge in [-0.2, -0.15) is 0 Å². The summed E-state index contributed by atoms with van der Waals surface area (Å²) in [5.41, 5.74) is 6.14. The number of aromatic hydroxyl groups is 1. The van der Waals surface area contributed by atoms with Crippen LogP contribution in [0.15, 0.2) is 30.3 Å². The summed E-state index contributed by atoms with van der Waals surface area (Å²) in [6, 6.07) is 10.8. The number of hydrogen-bond acceptors (Lipinski definition) is 3. The van der Waals surface area contributed by atoms with Gasteiger partial charge in [0.25, 0.3) is 0 Å². The van der Waals surface area contributed by atoms with E-state index >= 15 is 0 Å². The van der Waals surface area contributed by atoms with Crippen molar-refractivity contribution in [2.75, 3.05) is 20.7 Å². The molecule has 0 bridgehead atoms. The van der Waals surface area contributed by atoms with Crippen molar-refractivity contribution in [1.82, 2.24) is 4.90 Å². The van der Waals surface area contributed by atoms with Crippen molar-refractivity contribution in [2.45, 2.75) is 18.9 Å². The maximum absolute atomic E-state index is 10.6. The van der Waals surface area contributed by atoms with Crippen LogP contribution in [0.3, 0.4) is 0 Å². The van der Waals surface area contributed by atoms with Gasteiger partial charge in [-0.3, -0.25) is 4.90 Å². The smallest absolute Gasteiger partial charge is 0.165 e. The van der Waals surface area contributed by atoms with Crippen LogP contribution in [0.2, 0.25) is 0 Å². The fraction of sp³-hybridized carbons (Fsp3) is 0.333. The fourth-order valence-corrected chi connectivity index (χ4v) is 3.83. The first-order chi connectivity index (χ1) is 10.2. The van der Waals surface area contributed by atoms with E-state index in [0.717, 1.165) is 24.9 Å². The molecule has 2 aromatic carbocycles. The lowest BCUT2D eigenvalue weighted by molar-refractivity contribution is 0.228. The lowest BCUT2D eigenvalue weighted by atomic mass is 9.77. The molecule has 0 saturated carbocycles. The third-order valence-electron chi connectivity index (χ3n) is 4.93. The average Bonchev–Trinajstić information content (AvgIpc) is 2.51. The van der Waals surface area contributed by atoms with Crippen LogP contribution in [0.1, 0.15) is 22.7 Å². The van der Waals surface area contributed by atoms with Crippen LogP contribution in [0.25, 0.3) is 11.1 Å². The molecule has 2 aromatic rings. The van der Waals surface area contributed by atoms with Crippen LogP contribution in [0, 0.1) is 0 Å². The molecule has 1 unspecified atom stereocenters. The van der Waals surface area contributed by atoms with Gasteiger partial charge in [-0.05, 0) is 48.2 Å². The Labute approximate surface area is 124 Å². The highest BCUT2D eigenvalue weighted by Crippen LogP contribution is 2.50. The molecule has 108 valence electrons. The molecule has 0 saturated heterocycles. The van der Waals surface area contributed by atoms with Crippen LogP contribution in [0.4, 0.5) is 0 Å². The second-order valence-electron chi connectivity index (χ2n) is 5.98. The number of nitrogens with zero attached hydrogens (tertiary/aromatic N) is 1. The number of phenolic OH excluding ortho intramolecular Hbond substituents is 1. The molecular weight excluding hydrogens is 262 g/mol. The Hall–Kier alpha value is -2.00.